The number of rotatable bonds is 2. The van der Waals surface area contributed by atoms with Gasteiger partial charge in [-0.2, -0.15) is 5.10 Å². The molecule has 2 heterocycles. The Kier molecular flexibility index (Phi) is 2.74. The number of fused-ring (bicyclic) bond motifs is 1. The molecular weight excluding hydrogens is 222 g/mol. The van der Waals surface area contributed by atoms with E-state index in [0.29, 0.717) is 18.9 Å². The van der Waals surface area contributed by atoms with Crippen LogP contribution in [0.25, 0.3) is 0 Å². The van der Waals surface area contributed by atoms with E-state index >= 15 is 0 Å². The molecule has 0 fully saturated rings. The molecule has 3 amide bonds. The topological polar surface area (TPSA) is 104 Å². The smallest absolute Gasteiger partial charge is 0.315 e. The number of amides is 3. The van der Waals surface area contributed by atoms with Gasteiger partial charge in [0.1, 0.15) is 0 Å². The summed E-state index contributed by atoms with van der Waals surface area (Å²) in [4.78, 5) is 24.1. The first-order valence-corrected chi connectivity index (χ1v) is 5.40. The van der Waals surface area contributed by atoms with E-state index < -0.39 is 6.03 Å². The van der Waals surface area contributed by atoms with Gasteiger partial charge in [-0.1, -0.05) is 13.8 Å². The van der Waals surface area contributed by atoms with Gasteiger partial charge in [-0.3, -0.25) is 9.89 Å². The lowest BCUT2D eigenvalue weighted by atomic mass is 10.2. The van der Waals surface area contributed by atoms with Crippen molar-refractivity contribution in [2.45, 2.75) is 26.9 Å². The van der Waals surface area contributed by atoms with Crippen LogP contribution >= 0.6 is 0 Å². The normalized spacial score (nSPS) is 13.9. The largest absolute Gasteiger partial charge is 0.351 e. The zero-order valence-corrected chi connectivity index (χ0v) is 9.78. The molecule has 7 nitrogen and oxygen atoms in total. The maximum atomic E-state index is 11.6. The molecule has 0 radical (unpaired) electrons. The van der Waals surface area contributed by atoms with Crippen LogP contribution in [0.2, 0.25) is 0 Å². The lowest BCUT2D eigenvalue weighted by Crippen LogP contribution is -2.31. The fourth-order valence-corrected chi connectivity index (χ4v) is 1.66. The number of carbonyl (C=O) groups excluding carboxylic acids is 2. The van der Waals surface area contributed by atoms with Gasteiger partial charge in [0, 0.05) is 11.5 Å². The van der Waals surface area contributed by atoms with Crippen molar-refractivity contribution in [1.82, 2.24) is 15.1 Å². The summed E-state index contributed by atoms with van der Waals surface area (Å²) < 4.78 is 0. The van der Waals surface area contributed by atoms with Gasteiger partial charge in [-0.05, 0) is 0 Å². The summed E-state index contributed by atoms with van der Waals surface area (Å²) in [5.41, 5.74) is 6.85. The minimum Gasteiger partial charge on any atom is -0.351 e. The quantitative estimate of drug-likeness (QED) is 0.693. The number of nitrogens with zero attached hydrogens (tertiary/aromatic N) is 2. The molecule has 17 heavy (non-hydrogen) atoms. The Balaban J connectivity index is 2.14. The first-order valence-electron chi connectivity index (χ1n) is 5.40. The zero-order valence-electron chi connectivity index (χ0n) is 9.78. The van der Waals surface area contributed by atoms with E-state index in [4.69, 9.17) is 5.73 Å². The average Bonchev–Trinajstić information content (AvgIpc) is 2.79. The van der Waals surface area contributed by atoms with Crippen LogP contribution < -0.4 is 11.1 Å². The highest BCUT2D eigenvalue weighted by molar-refractivity contribution is 5.92. The third-order valence-corrected chi connectivity index (χ3v) is 2.73. The number of anilines is 1. The molecule has 0 saturated heterocycles. The molecule has 0 bridgehead atoms. The van der Waals surface area contributed by atoms with Crippen molar-refractivity contribution in [3.05, 3.63) is 11.3 Å². The second-order valence-corrected chi connectivity index (χ2v) is 4.37. The highest BCUT2D eigenvalue weighted by Gasteiger charge is 2.27. The van der Waals surface area contributed by atoms with Crippen molar-refractivity contribution in [3.63, 3.8) is 0 Å². The van der Waals surface area contributed by atoms with Crippen molar-refractivity contribution < 1.29 is 9.59 Å². The van der Waals surface area contributed by atoms with Crippen LogP contribution in [0.1, 0.15) is 25.1 Å². The lowest BCUT2D eigenvalue weighted by molar-refractivity contribution is -0.118. The number of H-pyrrole nitrogens is 1. The summed E-state index contributed by atoms with van der Waals surface area (Å²) in [6.45, 7) is 4.40. The molecule has 7 heteroatoms. The first kappa shape index (κ1) is 11.4. The lowest BCUT2D eigenvalue weighted by Gasteiger charge is -2.12. The summed E-state index contributed by atoms with van der Waals surface area (Å²) in [7, 11) is 0. The van der Waals surface area contributed by atoms with Crippen LogP contribution in [0.4, 0.5) is 10.6 Å². The second-order valence-electron chi connectivity index (χ2n) is 4.37. The van der Waals surface area contributed by atoms with Crippen molar-refractivity contribution >= 4 is 17.8 Å². The van der Waals surface area contributed by atoms with E-state index in [9.17, 15) is 9.59 Å². The standard InChI is InChI=1S/C10H15N5O2/c1-5(2)9(16)12-8-6-3-15(10(11)17)4-7(6)13-14-8/h5H,3-4H2,1-2H3,(H2,11,17)(H2,12,13,14,16). The van der Waals surface area contributed by atoms with Crippen LogP contribution in [0.3, 0.4) is 0 Å². The minimum absolute atomic E-state index is 0.100. The van der Waals surface area contributed by atoms with Gasteiger partial charge in [0.25, 0.3) is 0 Å². The highest BCUT2D eigenvalue weighted by atomic mass is 16.2. The molecule has 0 saturated carbocycles. The molecule has 4 N–H and O–H groups in total. The van der Waals surface area contributed by atoms with Gasteiger partial charge < -0.3 is 16.0 Å². The maximum absolute atomic E-state index is 11.6. The number of nitrogens with two attached hydrogens (primary N) is 1. The SMILES string of the molecule is CC(C)C(=O)Nc1n[nH]c2c1CN(C(N)=O)C2. The van der Waals surface area contributed by atoms with Crippen LogP contribution in [0.15, 0.2) is 0 Å². The van der Waals surface area contributed by atoms with E-state index in [1.807, 2.05) is 0 Å². The average molecular weight is 237 g/mol. The Hall–Kier alpha value is -2.05. The van der Waals surface area contributed by atoms with Crippen LogP contribution in [-0.2, 0) is 17.9 Å². The molecule has 0 spiro atoms. The summed E-state index contributed by atoms with van der Waals surface area (Å²) in [6, 6.07) is -0.476. The zero-order chi connectivity index (χ0) is 12.6. The Morgan fingerprint density at radius 1 is 1.47 bits per heavy atom. The predicted octanol–water partition coefficient (Wildman–Crippen LogP) is 0.398. The van der Waals surface area contributed by atoms with Gasteiger partial charge in [-0.15, -0.1) is 0 Å². The fourth-order valence-electron chi connectivity index (χ4n) is 1.66. The molecule has 92 valence electrons. The van der Waals surface area contributed by atoms with E-state index in [1.54, 1.807) is 13.8 Å². The summed E-state index contributed by atoms with van der Waals surface area (Å²) in [5.74, 6) is 0.273. The van der Waals surface area contributed by atoms with Gasteiger partial charge in [0.2, 0.25) is 5.91 Å². The van der Waals surface area contributed by atoms with Crippen molar-refractivity contribution in [2.75, 3.05) is 5.32 Å². The number of nitrogens with one attached hydrogen (secondary N) is 2. The van der Waals surface area contributed by atoms with Crippen LogP contribution in [0.5, 0.6) is 0 Å². The molecule has 0 aliphatic carbocycles. The number of carbonyl (C=O) groups is 2. The van der Waals surface area contributed by atoms with Crippen molar-refractivity contribution in [1.29, 1.82) is 0 Å². The molecule has 0 aromatic carbocycles. The molecule has 0 unspecified atom stereocenters. The Morgan fingerprint density at radius 3 is 2.76 bits per heavy atom. The number of urea groups is 1. The first-order chi connectivity index (χ1) is 7.99. The molecule has 1 aliphatic rings. The maximum Gasteiger partial charge on any atom is 0.315 e. The van der Waals surface area contributed by atoms with E-state index in [0.717, 1.165) is 11.3 Å². The molecular formula is C10H15N5O2. The number of primary amides is 1. The van der Waals surface area contributed by atoms with Crippen LogP contribution in [0, 0.1) is 5.92 Å². The van der Waals surface area contributed by atoms with E-state index in [2.05, 4.69) is 15.5 Å². The summed E-state index contributed by atoms with van der Waals surface area (Å²) in [6.07, 6.45) is 0. The third-order valence-electron chi connectivity index (χ3n) is 2.73. The van der Waals surface area contributed by atoms with Gasteiger partial charge in [-0.25, -0.2) is 4.79 Å². The molecule has 1 aromatic rings. The van der Waals surface area contributed by atoms with Crippen molar-refractivity contribution in [2.24, 2.45) is 11.7 Å². The Bertz CT molecular complexity index is 465. The second kappa shape index (κ2) is 4.08. The minimum atomic E-state index is -0.476. The van der Waals surface area contributed by atoms with Gasteiger partial charge >= 0.3 is 6.03 Å². The molecule has 1 aromatic heterocycles. The van der Waals surface area contributed by atoms with Gasteiger partial charge in [0.05, 0.1) is 18.8 Å². The summed E-state index contributed by atoms with van der Waals surface area (Å²) >= 11 is 0. The van der Waals surface area contributed by atoms with Crippen molar-refractivity contribution in [3.8, 4) is 0 Å². The molecule has 0 atom stereocenters. The Labute approximate surface area is 98.4 Å². The predicted molar refractivity (Wildman–Crippen MR) is 60.9 cm³/mol. The monoisotopic (exact) mass is 237 g/mol. The number of aromatic amines is 1. The number of aromatic nitrogens is 2. The fraction of sp³-hybridized carbons (Fsp3) is 0.500. The third kappa shape index (κ3) is 2.08. The van der Waals surface area contributed by atoms with Gasteiger partial charge in [0.15, 0.2) is 5.82 Å². The molecule has 1 aliphatic heterocycles. The Morgan fingerprint density at radius 2 is 2.18 bits per heavy atom. The molecule has 2 rings (SSSR count). The highest BCUT2D eigenvalue weighted by Crippen LogP contribution is 2.26. The van der Waals surface area contributed by atoms with E-state index in [-0.39, 0.29) is 11.8 Å². The number of hydrogen-bond acceptors (Lipinski definition) is 3. The number of hydrogen-bond donors (Lipinski definition) is 3. The van der Waals surface area contributed by atoms with Crippen LogP contribution in [-0.4, -0.2) is 27.0 Å². The van der Waals surface area contributed by atoms with E-state index in [1.165, 1.54) is 4.90 Å². The summed E-state index contributed by atoms with van der Waals surface area (Å²) in [5, 5.41) is 9.54.